The molecule has 4 aromatic rings. The summed E-state index contributed by atoms with van der Waals surface area (Å²) in [5, 5.41) is 9.96. The molecule has 0 bridgehead atoms. The number of para-hydroxylation sites is 1. The molecule has 30 heavy (non-hydrogen) atoms. The van der Waals surface area contributed by atoms with E-state index in [0.29, 0.717) is 11.5 Å². The molecular formula is C24H21FN2O3. The van der Waals surface area contributed by atoms with E-state index in [0.717, 1.165) is 28.3 Å². The fourth-order valence-electron chi connectivity index (χ4n) is 4.07. The van der Waals surface area contributed by atoms with Crippen LogP contribution in [0.3, 0.4) is 0 Å². The summed E-state index contributed by atoms with van der Waals surface area (Å²) in [4.78, 5) is 4.52. The molecule has 5 rings (SSSR count). The average molecular weight is 404 g/mol. The zero-order valence-corrected chi connectivity index (χ0v) is 16.2. The van der Waals surface area contributed by atoms with E-state index in [4.69, 9.17) is 9.15 Å². The van der Waals surface area contributed by atoms with Gasteiger partial charge in [-0.3, -0.25) is 0 Å². The number of fused-ring (bicyclic) bond motifs is 1. The number of hydrogen-bond donors (Lipinski definition) is 1. The summed E-state index contributed by atoms with van der Waals surface area (Å²) in [6.45, 7) is -0.360. The molecule has 0 amide bonds. The van der Waals surface area contributed by atoms with Gasteiger partial charge in [-0.1, -0.05) is 48.5 Å². The van der Waals surface area contributed by atoms with Crippen LogP contribution in [-0.2, 0) is 6.54 Å². The Kier molecular flexibility index (Phi) is 4.85. The van der Waals surface area contributed by atoms with Gasteiger partial charge in [0.05, 0.1) is 31.1 Å². The van der Waals surface area contributed by atoms with Crippen LogP contribution < -0.4 is 4.74 Å². The maximum Gasteiger partial charge on any atom is 0.165 e. The Morgan fingerprint density at radius 2 is 1.80 bits per heavy atom. The molecule has 2 aromatic heterocycles. The number of rotatable bonds is 6. The van der Waals surface area contributed by atoms with Gasteiger partial charge in [-0.05, 0) is 18.2 Å². The van der Waals surface area contributed by atoms with E-state index < -0.39 is 12.8 Å². The quantitative estimate of drug-likeness (QED) is 0.492. The fraction of sp³-hybridized carbons (Fsp3) is 0.208. The Balaban J connectivity index is 1.54. The molecule has 0 radical (unpaired) electrons. The van der Waals surface area contributed by atoms with E-state index in [2.05, 4.69) is 4.98 Å². The molecule has 152 valence electrons. The van der Waals surface area contributed by atoms with E-state index in [1.54, 1.807) is 10.9 Å². The van der Waals surface area contributed by atoms with Crippen molar-refractivity contribution in [3.8, 4) is 28.5 Å². The first-order chi connectivity index (χ1) is 14.8. The molecule has 1 aliphatic rings. The van der Waals surface area contributed by atoms with Crippen LogP contribution in [0.2, 0.25) is 0 Å². The molecule has 2 aromatic carbocycles. The number of aliphatic hydroxyl groups excluding tert-OH is 1. The van der Waals surface area contributed by atoms with Gasteiger partial charge < -0.3 is 18.8 Å². The number of nitrogens with zero attached hydrogens (tertiary/aromatic N) is 2. The molecular weight excluding hydrogens is 383 g/mol. The zero-order chi connectivity index (χ0) is 20.5. The highest BCUT2D eigenvalue weighted by Gasteiger charge is 2.37. The second-order valence-electron chi connectivity index (χ2n) is 7.26. The van der Waals surface area contributed by atoms with Crippen molar-refractivity contribution in [3.05, 3.63) is 84.4 Å². The molecule has 0 spiro atoms. The fourth-order valence-corrected chi connectivity index (χ4v) is 4.07. The first-order valence-corrected chi connectivity index (χ1v) is 9.93. The molecule has 0 aliphatic carbocycles. The minimum Gasteiger partial charge on any atom is -0.481 e. The topological polar surface area (TPSA) is 60.4 Å². The number of ether oxygens (including phenoxy) is 1. The lowest BCUT2D eigenvalue weighted by atomic mass is 9.95. The summed E-state index contributed by atoms with van der Waals surface area (Å²) in [5.41, 5.74) is 3.36. The van der Waals surface area contributed by atoms with Gasteiger partial charge in [0.1, 0.15) is 23.9 Å². The Labute approximate surface area is 173 Å². The predicted molar refractivity (Wildman–Crippen MR) is 111 cm³/mol. The van der Waals surface area contributed by atoms with Crippen LogP contribution in [0.25, 0.3) is 22.7 Å². The van der Waals surface area contributed by atoms with E-state index in [-0.39, 0.29) is 19.1 Å². The summed E-state index contributed by atoms with van der Waals surface area (Å²) < 4.78 is 27.2. The number of aliphatic hydroxyl groups is 1. The highest BCUT2D eigenvalue weighted by Crippen LogP contribution is 2.46. The van der Waals surface area contributed by atoms with Crippen molar-refractivity contribution >= 4 is 0 Å². The molecule has 0 saturated heterocycles. The van der Waals surface area contributed by atoms with Gasteiger partial charge in [-0.25, -0.2) is 9.37 Å². The lowest BCUT2D eigenvalue weighted by molar-refractivity contribution is 0.140. The summed E-state index contributed by atoms with van der Waals surface area (Å²) in [6.07, 6.45) is 1.22. The maximum absolute atomic E-state index is 13.2. The predicted octanol–water partition coefficient (Wildman–Crippen LogP) is 4.99. The minimum absolute atomic E-state index is 0.0488. The summed E-state index contributed by atoms with van der Waals surface area (Å²) in [7, 11) is 0. The van der Waals surface area contributed by atoms with Gasteiger partial charge in [-0.15, -0.1) is 0 Å². The van der Waals surface area contributed by atoms with Crippen LogP contribution in [0.5, 0.6) is 5.75 Å². The maximum atomic E-state index is 13.2. The Bertz CT molecular complexity index is 1150. The normalized spacial score (nSPS) is 17.7. The van der Waals surface area contributed by atoms with Gasteiger partial charge >= 0.3 is 0 Å². The number of halogens is 1. The second kappa shape index (κ2) is 7.80. The van der Waals surface area contributed by atoms with Crippen LogP contribution in [0.4, 0.5) is 4.39 Å². The van der Waals surface area contributed by atoms with Crippen LogP contribution in [0, 0.1) is 0 Å². The van der Waals surface area contributed by atoms with Crippen LogP contribution in [-0.4, -0.2) is 27.9 Å². The molecule has 2 unspecified atom stereocenters. The number of aromatic nitrogens is 2. The van der Waals surface area contributed by atoms with E-state index in [1.807, 2.05) is 66.7 Å². The van der Waals surface area contributed by atoms with Gasteiger partial charge in [0.15, 0.2) is 11.9 Å². The molecule has 0 saturated carbocycles. The van der Waals surface area contributed by atoms with Crippen molar-refractivity contribution in [2.45, 2.75) is 18.6 Å². The number of furan rings is 1. The van der Waals surface area contributed by atoms with Crippen molar-refractivity contribution in [3.63, 3.8) is 0 Å². The highest BCUT2D eigenvalue weighted by molar-refractivity contribution is 5.76. The van der Waals surface area contributed by atoms with Gasteiger partial charge in [0.2, 0.25) is 0 Å². The Morgan fingerprint density at radius 3 is 2.60 bits per heavy atom. The van der Waals surface area contributed by atoms with Crippen molar-refractivity contribution < 1.29 is 18.7 Å². The zero-order valence-electron chi connectivity index (χ0n) is 16.2. The van der Waals surface area contributed by atoms with Crippen LogP contribution in [0.1, 0.15) is 23.3 Å². The third kappa shape index (κ3) is 3.09. The Morgan fingerprint density at radius 1 is 1.00 bits per heavy atom. The summed E-state index contributed by atoms with van der Waals surface area (Å²) in [5.74, 6) is 1.76. The van der Waals surface area contributed by atoms with Crippen molar-refractivity contribution in [2.24, 2.45) is 0 Å². The Hall–Kier alpha value is -3.38. The average Bonchev–Trinajstić information content (AvgIpc) is 3.50. The molecule has 1 aliphatic heterocycles. The smallest absolute Gasteiger partial charge is 0.165 e. The van der Waals surface area contributed by atoms with Gasteiger partial charge in [0, 0.05) is 11.1 Å². The van der Waals surface area contributed by atoms with Gasteiger partial charge in [-0.2, -0.15) is 0 Å². The second-order valence-corrected chi connectivity index (χ2v) is 7.26. The van der Waals surface area contributed by atoms with Crippen molar-refractivity contribution in [1.82, 2.24) is 9.55 Å². The minimum atomic E-state index is -0.501. The molecule has 3 heterocycles. The summed E-state index contributed by atoms with van der Waals surface area (Å²) in [6, 6.07) is 21.2. The van der Waals surface area contributed by atoms with Gasteiger partial charge in [0.25, 0.3) is 0 Å². The standard InChI is InChI=1S/C24H21FN2O3/c25-12-13-27-15-26-22(16-6-2-1-3-7-16)23(27)20-10-11-21(29-20)24-18(14-28)17-8-4-5-9-19(17)30-24/h1-11,15,18,24,28H,12-14H2. The third-order valence-electron chi connectivity index (χ3n) is 5.49. The number of imidazole rings is 1. The third-order valence-corrected chi connectivity index (χ3v) is 5.49. The number of alkyl halides is 1. The SMILES string of the molecule is OCC1c2ccccc2OC1c1ccc(-c2c(-c3ccccc3)ncn2CCF)o1. The van der Waals surface area contributed by atoms with E-state index in [9.17, 15) is 9.50 Å². The first kappa shape index (κ1) is 18.6. The molecule has 6 heteroatoms. The molecule has 5 nitrogen and oxygen atoms in total. The number of hydrogen-bond acceptors (Lipinski definition) is 4. The number of benzene rings is 2. The van der Waals surface area contributed by atoms with E-state index >= 15 is 0 Å². The lowest BCUT2D eigenvalue weighted by Gasteiger charge is -2.14. The van der Waals surface area contributed by atoms with Crippen LogP contribution in [0.15, 0.2) is 77.5 Å². The molecule has 1 N–H and O–H groups in total. The highest BCUT2D eigenvalue weighted by atomic mass is 19.1. The monoisotopic (exact) mass is 404 g/mol. The van der Waals surface area contributed by atoms with Crippen LogP contribution >= 0.6 is 0 Å². The van der Waals surface area contributed by atoms with Crippen molar-refractivity contribution in [1.29, 1.82) is 0 Å². The summed E-state index contributed by atoms with van der Waals surface area (Å²) >= 11 is 0. The number of aryl methyl sites for hydroxylation is 1. The molecule has 2 atom stereocenters. The first-order valence-electron chi connectivity index (χ1n) is 9.93. The lowest BCUT2D eigenvalue weighted by Crippen LogP contribution is -2.12. The molecule has 0 fully saturated rings. The van der Waals surface area contributed by atoms with E-state index in [1.165, 1.54) is 0 Å². The van der Waals surface area contributed by atoms with Crippen molar-refractivity contribution in [2.75, 3.05) is 13.3 Å². The largest absolute Gasteiger partial charge is 0.481 e.